The quantitative estimate of drug-likeness (QED) is 0.683. The molecule has 2 N–H and O–H groups in total. The van der Waals surface area contributed by atoms with Crippen LogP contribution in [0.1, 0.15) is 39.0 Å². The van der Waals surface area contributed by atoms with Gasteiger partial charge < -0.3 is 14.9 Å². The van der Waals surface area contributed by atoms with Gasteiger partial charge in [0, 0.05) is 12.0 Å². The minimum absolute atomic E-state index is 0.0667. The van der Waals surface area contributed by atoms with Gasteiger partial charge in [0.05, 0.1) is 19.3 Å². The summed E-state index contributed by atoms with van der Waals surface area (Å²) >= 11 is 0. The molecule has 0 saturated carbocycles. The monoisotopic (exact) mass is 202 g/mol. The smallest absolute Gasteiger partial charge is 0.0583 e. The Morgan fingerprint density at radius 2 is 2.07 bits per heavy atom. The fraction of sp³-hybridized carbons (Fsp3) is 1.00. The van der Waals surface area contributed by atoms with Crippen molar-refractivity contribution in [1.29, 1.82) is 0 Å². The number of hydrogen-bond acceptors (Lipinski definition) is 3. The molecular weight excluding hydrogens is 180 g/mol. The Morgan fingerprint density at radius 1 is 1.36 bits per heavy atom. The van der Waals surface area contributed by atoms with Crippen LogP contribution in [0.4, 0.5) is 0 Å². The molecule has 14 heavy (non-hydrogen) atoms. The zero-order valence-corrected chi connectivity index (χ0v) is 9.04. The van der Waals surface area contributed by atoms with Gasteiger partial charge in [0.2, 0.25) is 0 Å². The van der Waals surface area contributed by atoms with E-state index in [2.05, 4.69) is 6.92 Å². The van der Waals surface area contributed by atoms with E-state index in [0.29, 0.717) is 0 Å². The Labute approximate surface area is 86.1 Å². The largest absolute Gasteiger partial charge is 0.396 e. The predicted molar refractivity (Wildman–Crippen MR) is 55.1 cm³/mol. The summed E-state index contributed by atoms with van der Waals surface area (Å²) in [4.78, 5) is 0. The molecule has 1 unspecified atom stereocenters. The van der Waals surface area contributed by atoms with Crippen LogP contribution in [0.25, 0.3) is 0 Å². The first kappa shape index (κ1) is 12.0. The molecule has 0 aromatic carbocycles. The van der Waals surface area contributed by atoms with Crippen LogP contribution in [0, 0.1) is 5.41 Å². The van der Waals surface area contributed by atoms with Crippen molar-refractivity contribution in [2.45, 2.75) is 45.1 Å². The minimum atomic E-state index is -0.316. The van der Waals surface area contributed by atoms with Crippen LogP contribution < -0.4 is 0 Å². The maximum atomic E-state index is 9.35. The number of aliphatic hydroxyl groups is 2. The number of hydrogen-bond donors (Lipinski definition) is 2. The van der Waals surface area contributed by atoms with E-state index in [1.54, 1.807) is 0 Å². The van der Waals surface area contributed by atoms with E-state index in [9.17, 15) is 10.2 Å². The molecule has 0 aromatic heterocycles. The third-order valence-corrected chi connectivity index (χ3v) is 3.14. The highest BCUT2D eigenvalue weighted by Gasteiger charge is 2.32. The first-order valence-corrected chi connectivity index (χ1v) is 5.59. The summed E-state index contributed by atoms with van der Waals surface area (Å²) < 4.78 is 5.54. The van der Waals surface area contributed by atoms with Gasteiger partial charge in [-0.2, -0.15) is 0 Å². The summed E-state index contributed by atoms with van der Waals surface area (Å²) in [6.07, 6.45) is 5.11. The van der Waals surface area contributed by atoms with E-state index >= 15 is 0 Å². The average molecular weight is 202 g/mol. The van der Waals surface area contributed by atoms with Crippen molar-refractivity contribution in [3.8, 4) is 0 Å². The maximum absolute atomic E-state index is 9.35. The molecule has 0 radical (unpaired) electrons. The van der Waals surface area contributed by atoms with E-state index in [4.69, 9.17) is 4.74 Å². The van der Waals surface area contributed by atoms with Gasteiger partial charge in [-0.1, -0.05) is 13.3 Å². The Balaban J connectivity index is 2.47. The van der Waals surface area contributed by atoms with Crippen LogP contribution >= 0.6 is 0 Å². The van der Waals surface area contributed by atoms with Crippen LogP contribution in [0.2, 0.25) is 0 Å². The lowest BCUT2D eigenvalue weighted by atomic mass is 9.79. The SMILES string of the molecule is CCCC(CO)(CO)CC1CCCO1. The van der Waals surface area contributed by atoms with Crippen molar-refractivity contribution in [2.75, 3.05) is 19.8 Å². The van der Waals surface area contributed by atoms with E-state index in [1.165, 1.54) is 0 Å². The van der Waals surface area contributed by atoms with E-state index in [0.717, 1.165) is 38.7 Å². The molecule has 1 heterocycles. The molecule has 1 atom stereocenters. The molecule has 3 nitrogen and oxygen atoms in total. The second-order valence-electron chi connectivity index (χ2n) is 4.41. The van der Waals surface area contributed by atoms with E-state index in [1.807, 2.05) is 0 Å². The van der Waals surface area contributed by atoms with Crippen molar-refractivity contribution < 1.29 is 14.9 Å². The van der Waals surface area contributed by atoms with Crippen molar-refractivity contribution >= 4 is 0 Å². The van der Waals surface area contributed by atoms with Gasteiger partial charge in [-0.25, -0.2) is 0 Å². The molecule has 1 saturated heterocycles. The number of aliphatic hydroxyl groups excluding tert-OH is 2. The third kappa shape index (κ3) is 2.94. The Bertz CT molecular complexity index is 149. The highest BCUT2D eigenvalue weighted by atomic mass is 16.5. The standard InChI is InChI=1S/C11H22O3/c1-2-5-11(8-12,9-13)7-10-4-3-6-14-10/h10,12-13H,2-9H2,1H3. The van der Waals surface area contributed by atoms with Gasteiger partial charge in [-0.15, -0.1) is 0 Å². The summed E-state index contributed by atoms with van der Waals surface area (Å²) in [5.74, 6) is 0. The zero-order chi connectivity index (χ0) is 10.4. The van der Waals surface area contributed by atoms with E-state index in [-0.39, 0.29) is 24.7 Å². The average Bonchev–Trinajstić information content (AvgIpc) is 2.69. The maximum Gasteiger partial charge on any atom is 0.0583 e. The predicted octanol–water partition coefficient (Wildman–Crippen LogP) is 1.33. The molecule has 1 rings (SSSR count). The van der Waals surface area contributed by atoms with Crippen LogP contribution in [-0.4, -0.2) is 36.1 Å². The summed E-state index contributed by atoms with van der Waals surface area (Å²) in [5, 5.41) is 18.7. The molecule has 1 fully saturated rings. The van der Waals surface area contributed by atoms with Crippen molar-refractivity contribution in [1.82, 2.24) is 0 Å². The van der Waals surface area contributed by atoms with Gasteiger partial charge >= 0.3 is 0 Å². The van der Waals surface area contributed by atoms with Crippen LogP contribution in [-0.2, 0) is 4.74 Å². The molecule has 0 spiro atoms. The molecule has 0 aromatic rings. The second kappa shape index (κ2) is 5.69. The zero-order valence-electron chi connectivity index (χ0n) is 9.04. The fourth-order valence-corrected chi connectivity index (χ4v) is 2.26. The third-order valence-electron chi connectivity index (χ3n) is 3.14. The van der Waals surface area contributed by atoms with Crippen LogP contribution in [0.5, 0.6) is 0 Å². The summed E-state index contributed by atoms with van der Waals surface area (Å²) in [6, 6.07) is 0. The van der Waals surface area contributed by atoms with Gasteiger partial charge in [0.1, 0.15) is 0 Å². The highest BCUT2D eigenvalue weighted by molar-refractivity contribution is 4.82. The molecular formula is C11H22O3. The lowest BCUT2D eigenvalue weighted by Crippen LogP contribution is -2.33. The topological polar surface area (TPSA) is 49.7 Å². The molecule has 0 bridgehead atoms. The summed E-state index contributed by atoms with van der Waals surface area (Å²) in [5.41, 5.74) is -0.316. The first-order chi connectivity index (χ1) is 6.76. The normalized spacial score (nSPS) is 22.9. The van der Waals surface area contributed by atoms with Gasteiger partial charge in [-0.3, -0.25) is 0 Å². The van der Waals surface area contributed by atoms with Gasteiger partial charge in [0.25, 0.3) is 0 Å². The number of rotatable bonds is 6. The van der Waals surface area contributed by atoms with Crippen molar-refractivity contribution in [3.63, 3.8) is 0 Å². The molecule has 3 heteroatoms. The Morgan fingerprint density at radius 3 is 2.50 bits per heavy atom. The molecule has 84 valence electrons. The highest BCUT2D eigenvalue weighted by Crippen LogP contribution is 2.32. The van der Waals surface area contributed by atoms with E-state index < -0.39 is 0 Å². The fourth-order valence-electron chi connectivity index (χ4n) is 2.26. The van der Waals surface area contributed by atoms with Gasteiger partial charge in [-0.05, 0) is 25.7 Å². The van der Waals surface area contributed by atoms with Crippen LogP contribution in [0.15, 0.2) is 0 Å². The number of ether oxygens (including phenoxy) is 1. The minimum Gasteiger partial charge on any atom is -0.396 e. The lowest BCUT2D eigenvalue weighted by Gasteiger charge is -2.31. The van der Waals surface area contributed by atoms with Crippen LogP contribution in [0.3, 0.4) is 0 Å². The summed E-state index contributed by atoms with van der Waals surface area (Å²) in [6.45, 7) is 3.05. The molecule has 0 amide bonds. The molecule has 1 aliphatic rings. The molecule has 1 aliphatic heterocycles. The van der Waals surface area contributed by atoms with Crippen molar-refractivity contribution in [3.05, 3.63) is 0 Å². The van der Waals surface area contributed by atoms with Gasteiger partial charge in [0.15, 0.2) is 0 Å². The molecule has 0 aliphatic carbocycles. The Hall–Kier alpha value is -0.120. The Kier molecular flexibility index (Phi) is 4.85. The first-order valence-electron chi connectivity index (χ1n) is 5.59. The van der Waals surface area contributed by atoms with Crippen molar-refractivity contribution in [2.24, 2.45) is 5.41 Å². The second-order valence-corrected chi connectivity index (χ2v) is 4.41. The summed E-state index contributed by atoms with van der Waals surface area (Å²) in [7, 11) is 0. The lowest BCUT2D eigenvalue weighted by molar-refractivity contribution is -0.00894.